The summed E-state index contributed by atoms with van der Waals surface area (Å²) in [5.74, 6) is 0. The lowest BCUT2D eigenvalue weighted by atomic mass is 9.95. The zero-order chi connectivity index (χ0) is 65.2. The van der Waals surface area contributed by atoms with Gasteiger partial charge in [-0.25, -0.2) is 0 Å². The molecule has 526 valence electrons. The molecule has 21 aliphatic heterocycles. The second-order valence-electron chi connectivity index (χ2n) is 22.8. The van der Waals surface area contributed by atoms with Crippen LogP contribution in [0.2, 0.25) is 0 Å². The van der Waals surface area contributed by atoms with Crippen LogP contribution in [0.3, 0.4) is 0 Å². The molecule has 0 aromatic carbocycles. The maximum atomic E-state index is 12.3. The maximum absolute atomic E-state index is 12.3. The van der Waals surface area contributed by atoms with Crippen molar-refractivity contribution in [2.75, 3.05) is 139 Å². The lowest BCUT2D eigenvalue weighted by molar-refractivity contribution is -0.400. The fraction of sp³-hybridized carbons (Fsp3) is 1.00. The van der Waals surface area contributed by atoms with E-state index in [2.05, 4.69) is 0 Å². The average molecular weight is 1320 g/mol. The van der Waals surface area contributed by atoms with Crippen LogP contribution in [0.1, 0.15) is 0 Å². The summed E-state index contributed by atoms with van der Waals surface area (Å²) in [6.07, 6.45) is -50.5. The van der Waals surface area contributed by atoms with Crippen LogP contribution >= 0.6 is 0 Å². The molecule has 21 heterocycles. The van der Waals surface area contributed by atoms with Gasteiger partial charge in [-0.1, -0.05) is 0 Å². The van der Waals surface area contributed by atoms with Crippen molar-refractivity contribution >= 4 is 0 Å². The predicted octanol–water partition coefficient (Wildman–Crippen LogP) is -6.73. The number of aliphatic hydroxyl groups excluding tert-OH is 8. The van der Waals surface area contributed by atoms with Crippen LogP contribution in [0.15, 0.2) is 0 Å². The first-order valence-corrected chi connectivity index (χ1v) is 29.6. The van der Waals surface area contributed by atoms with Gasteiger partial charge < -0.3 is 169 Å². The highest BCUT2D eigenvalue weighted by atomic mass is 16.8. The Morgan fingerprint density at radius 3 is 0.467 bits per heavy atom. The molecule has 21 fully saturated rings. The Bertz CT molecular complexity index is 2040. The van der Waals surface area contributed by atoms with Gasteiger partial charge in [0.1, 0.15) is 171 Å². The Morgan fingerprint density at radius 1 is 0.211 bits per heavy atom. The maximum Gasteiger partial charge on any atom is 0.187 e. The summed E-state index contributed by atoms with van der Waals surface area (Å²) >= 11 is 0. The van der Waals surface area contributed by atoms with Crippen LogP contribution in [-0.4, -0.2) is 394 Å². The number of hydrogen-bond donors (Lipinski definition) is 8. The topological polar surface area (TPSA) is 411 Å². The number of aliphatic hydroxyl groups is 8. The summed E-state index contributed by atoms with van der Waals surface area (Å²) in [6, 6.07) is 0. The Balaban J connectivity index is 1.17. The number of rotatable bonds is 20. The summed E-state index contributed by atoms with van der Waals surface area (Å²) < 4.78 is 165. The number of ether oxygens (including phenoxy) is 27. The summed E-state index contributed by atoms with van der Waals surface area (Å²) in [4.78, 5) is 0. The first-order valence-electron chi connectivity index (χ1n) is 29.6. The zero-order valence-corrected chi connectivity index (χ0v) is 52.8. The summed E-state index contributed by atoms with van der Waals surface area (Å²) in [5.41, 5.74) is 0. The van der Waals surface area contributed by atoms with E-state index in [-0.39, 0.29) is 39.6 Å². The monoisotopic (exact) mass is 1320 g/mol. The van der Waals surface area contributed by atoms with E-state index in [0.29, 0.717) is 0 Å². The van der Waals surface area contributed by atoms with Crippen LogP contribution in [0.5, 0.6) is 0 Å². The predicted molar refractivity (Wildman–Crippen MR) is 291 cm³/mol. The highest BCUT2D eigenvalue weighted by molar-refractivity contribution is 5.03. The molecule has 90 heavy (non-hydrogen) atoms. The third-order valence-corrected chi connectivity index (χ3v) is 17.4. The van der Waals surface area contributed by atoms with Crippen LogP contribution in [0.4, 0.5) is 0 Å². The largest absolute Gasteiger partial charge is 0.394 e. The standard InChI is InChI=1S/C55H96O35/c1-64-15-22-36-29(58)44(72-9)51(79-22)87-38-24(17-66-3)81-53(46(74-11)31(38)60)89-40-26(19-68-5)83-55(48(76-13)33(40)62)90-41-27(20-69-6)82-54(47(75-12)34(41)63)88-39-25(18-67-4)80-52(45(73-10)32(39)61)86-37-23(16-65-2)78-50(43(71-8)30(37)59)84-35-21(14-56)77-49(85-36)42(70-7)28(35)57/h21-63H,14-20H2,1-13H3/t21-,22-,23-,24-,25-,26-,27-,28+,29+,30+,31+,32+,33+,34+,35-,36-,37-,38-,39-,40-,41-,42-,43-,44-,45-,46-,47-,48-,49-,50-,51-,52-,53-,54-,55-/m1/s1. The lowest BCUT2D eigenvalue weighted by Gasteiger charge is -2.51. The van der Waals surface area contributed by atoms with Crippen molar-refractivity contribution in [2.24, 2.45) is 0 Å². The average Bonchev–Trinajstić information content (AvgIpc) is 0.866. The van der Waals surface area contributed by atoms with Gasteiger partial charge in [-0.2, -0.15) is 0 Å². The van der Waals surface area contributed by atoms with Gasteiger partial charge >= 0.3 is 0 Å². The minimum Gasteiger partial charge on any atom is -0.394 e. The SMILES string of the molecule is COC[C@H]1O[C@@H]2O[C@H]3[C@H](O)[C@@H](OC)[C@@H](O[C@H]4[C@H](O)[C@@H](OC)[C@@H](O[C@H]5[C@H](O)[C@@H](OC)[C@@H](O[C@H]6[C@H](O)[C@@H](OC)[C@@H](O[C@H]7[C@H](O)[C@@H](OC)[C@@H](O[C@H]8[C@H](O)[C@@H](OC)[C@@H](O[C@H]1[C@H](O)[C@H]2OC)O[C@@H]8CO)O[C@@H]7COC)O[C@@H]6COC)O[C@@H]5COC)O[C@@H]4COC)O[C@@H]3COC. The summed E-state index contributed by atoms with van der Waals surface area (Å²) in [5, 5.41) is 96.7. The van der Waals surface area contributed by atoms with E-state index in [4.69, 9.17) is 128 Å². The molecule has 0 aromatic heterocycles. The van der Waals surface area contributed by atoms with Gasteiger partial charge in [-0.15, -0.1) is 0 Å². The molecule has 0 spiro atoms. The molecule has 35 heteroatoms. The van der Waals surface area contributed by atoms with Crippen molar-refractivity contribution in [3.63, 3.8) is 0 Å². The molecular weight excluding hydrogens is 1220 g/mol. The van der Waals surface area contributed by atoms with Gasteiger partial charge in [0, 0.05) is 92.4 Å². The molecule has 21 aliphatic rings. The van der Waals surface area contributed by atoms with Gasteiger partial charge in [0.25, 0.3) is 0 Å². The third-order valence-electron chi connectivity index (χ3n) is 17.4. The van der Waals surface area contributed by atoms with Crippen molar-refractivity contribution in [3.05, 3.63) is 0 Å². The molecular formula is C55H96O35. The fourth-order valence-corrected chi connectivity index (χ4v) is 13.0. The Hall–Kier alpha value is -1.40. The van der Waals surface area contributed by atoms with Crippen LogP contribution in [0.25, 0.3) is 0 Å². The molecule has 21 rings (SSSR count). The van der Waals surface area contributed by atoms with Gasteiger partial charge in [0.2, 0.25) is 0 Å². The van der Waals surface area contributed by atoms with Crippen molar-refractivity contribution in [2.45, 2.75) is 215 Å². The quantitative estimate of drug-likeness (QED) is 0.0562. The van der Waals surface area contributed by atoms with Gasteiger partial charge in [0.05, 0.1) is 46.2 Å². The first kappa shape index (κ1) is 74.4. The van der Waals surface area contributed by atoms with E-state index in [9.17, 15) is 40.9 Å². The Kier molecular flexibility index (Phi) is 28.7. The van der Waals surface area contributed by atoms with Crippen LogP contribution in [-0.2, 0) is 128 Å². The van der Waals surface area contributed by atoms with E-state index in [1.807, 2.05) is 0 Å². The number of methoxy groups -OCH3 is 13. The molecule has 35 nitrogen and oxygen atoms in total. The smallest absolute Gasteiger partial charge is 0.187 e. The van der Waals surface area contributed by atoms with Crippen molar-refractivity contribution in [1.82, 2.24) is 0 Å². The molecule has 0 radical (unpaired) electrons. The van der Waals surface area contributed by atoms with E-state index in [1.165, 1.54) is 92.4 Å². The van der Waals surface area contributed by atoms with Crippen LogP contribution in [0, 0.1) is 0 Å². The van der Waals surface area contributed by atoms with E-state index in [0.717, 1.165) is 0 Å². The van der Waals surface area contributed by atoms with Gasteiger partial charge in [-0.3, -0.25) is 0 Å². The lowest BCUT2D eigenvalue weighted by Crippen LogP contribution is -2.69. The zero-order valence-electron chi connectivity index (χ0n) is 52.8. The minimum atomic E-state index is -1.71. The fourth-order valence-electron chi connectivity index (χ4n) is 13.0. The molecule has 0 saturated carbocycles. The van der Waals surface area contributed by atoms with E-state index in [1.54, 1.807) is 0 Å². The molecule has 14 bridgehead atoms. The first-order chi connectivity index (χ1) is 43.4. The second-order valence-corrected chi connectivity index (χ2v) is 22.8. The van der Waals surface area contributed by atoms with Crippen molar-refractivity contribution in [1.29, 1.82) is 0 Å². The minimum absolute atomic E-state index is 0.233. The highest BCUT2D eigenvalue weighted by Crippen LogP contribution is 2.41. The van der Waals surface area contributed by atoms with Gasteiger partial charge in [0.15, 0.2) is 44.0 Å². The molecule has 0 aromatic rings. The van der Waals surface area contributed by atoms with Crippen molar-refractivity contribution < 1.29 is 169 Å². The molecule has 8 N–H and O–H groups in total. The number of hydrogen-bond acceptors (Lipinski definition) is 35. The molecule has 0 amide bonds. The van der Waals surface area contributed by atoms with Gasteiger partial charge in [-0.05, 0) is 0 Å². The third kappa shape index (κ3) is 15.8. The van der Waals surface area contributed by atoms with E-state index >= 15 is 0 Å². The van der Waals surface area contributed by atoms with E-state index < -0.39 is 222 Å². The normalized spacial score (nSPS) is 49.1. The Labute approximate surface area is 521 Å². The van der Waals surface area contributed by atoms with Crippen LogP contribution < -0.4 is 0 Å². The highest BCUT2D eigenvalue weighted by Gasteiger charge is 2.61. The summed E-state index contributed by atoms with van der Waals surface area (Å²) in [7, 11) is 17.2. The Morgan fingerprint density at radius 2 is 0.344 bits per heavy atom. The molecule has 0 unspecified atom stereocenters. The molecule has 0 aliphatic carbocycles. The summed E-state index contributed by atoms with van der Waals surface area (Å²) in [6.45, 7) is -2.24. The van der Waals surface area contributed by atoms with Crippen molar-refractivity contribution in [3.8, 4) is 0 Å². The molecule has 21 saturated heterocycles. The second kappa shape index (κ2) is 34.7. The molecule has 35 atom stereocenters.